The standard InChI is InChI=1S/C20H33O6P/c1-3-5-6-7-8-18-9-11-19(12-10-18)26-17-20(16-24-13-4-2)25-14-15-27(21,22)23/h4,9-12,20H,2-3,5-8,13-17H2,1H3,(H2,21,22,23). The third kappa shape index (κ3) is 12.8. The van der Waals surface area contributed by atoms with Crippen molar-refractivity contribution in [1.82, 2.24) is 0 Å². The van der Waals surface area contributed by atoms with Gasteiger partial charge in [0.1, 0.15) is 18.5 Å². The fourth-order valence-electron chi connectivity index (χ4n) is 2.46. The predicted octanol–water partition coefficient (Wildman–Crippen LogP) is 3.95. The number of unbranched alkanes of at least 4 members (excludes halogenated alkanes) is 3. The zero-order valence-corrected chi connectivity index (χ0v) is 17.1. The minimum Gasteiger partial charge on any atom is -0.491 e. The lowest BCUT2D eigenvalue weighted by Crippen LogP contribution is -2.28. The average molecular weight is 400 g/mol. The van der Waals surface area contributed by atoms with Crippen LogP contribution in [0.4, 0.5) is 0 Å². The molecule has 0 aliphatic rings. The van der Waals surface area contributed by atoms with Crippen LogP contribution in [-0.4, -0.2) is 48.5 Å². The van der Waals surface area contributed by atoms with E-state index in [1.807, 2.05) is 12.1 Å². The van der Waals surface area contributed by atoms with Gasteiger partial charge in [0.2, 0.25) is 0 Å². The molecule has 0 aromatic heterocycles. The van der Waals surface area contributed by atoms with Gasteiger partial charge in [0.25, 0.3) is 0 Å². The Bertz CT molecular complexity index is 554. The van der Waals surface area contributed by atoms with Gasteiger partial charge in [-0.15, -0.1) is 6.58 Å². The summed E-state index contributed by atoms with van der Waals surface area (Å²) < 4.78 is 27.6. The summed E-state index contributed by atoms with van der Waals surface area (Å²) in [6, 6.07) is 8.01. The Morgan fingerprint density at radius 3 is 2.52 bits per heavy atom. The highest BCUT2D eigenvalue weighted by molar-refractivity contribution is 7.51. The second kappa shape index (κ2) is 13.9. The van der Waals surface area contributed by atoms with Crippen LogP contribution in [-0.2, 0) is 20.5 Å². The fraction of sp³-hybridized carbons (Fsp3) is 0.600. The Hall–Kier alpha value is -1.17. The summed E-state index contributed by atoms with van der Waals surface area (Å²) in [6.45, 7) is 6.63. The topological polar surface area (TPSA) is 85.2 Å². The van der Waals surface area contributed by atoms with Crippen LogP contribution < -0.4 is 4.74 Å². The van der Waals surface area contributed by atoms with Gasteiger partial charge in [-0.1, -0.05) is 44.4 Å². The predicted molar refractivity (Wildman–Crippen MR) is 107 cm³/mol. The molecule has 27 heavy (non-hydrogen) atoms. The van der Waals surface area contributed by atoms with Crippen LogP contribution >= 0.6 is 7.60 Å². The van der Waals surface area contributed by atoms with Crippen LogP contribution in [0.15, 0.2) is 36.9 Å². The maximum atomic E-state index is 10.9. The number of ether oxygens (including phenoxy) is 3. The first-order valence-corrected chi connectivity index (χ1v) is 11.3. The normalized spacial score (nSPS) is 12.7. The van der Waals surface area contributed by atoms with E-state index in [9.17, 15) is 4.57 Å². The highest BCUT2D eigenvalue weighted by Crippen LogP contribution is 2.33. The first-order chi connectivity index (χ1) is 12.9. The van der Waals surface area contributed by atoms with E-state index in [1.165, 1.54) is 31.2 Å². The van der Waals surface area contributed by atoms with Crippen molar-refractivity contribution in [3.8, 4) is 5.75 Å². The summed E-state index contributed by atoms with van der Waals surface area (Å²) in [5.41, 5.74) is 1.29. The number of hydrogen-bond donors (Lipinski definition) is 2. The van der Waals surface area contributed by atoms with Crippen molar-refractivity contribution in [2.45, 2.75) is 45.1 Å². The third-order valence-corrected chi connectivity index (χ3v) is 4.72. The molecule has 1 unspecified atom stereocenters. The van der Waals surface area contributed by atoms with Gasteiger partial charge in [0.15, 0.2) is 0 Å². The molecule has 1 rings (SSSR count). The molecule has 1 atom stereocenters. The number of benzene rings is 1. The second-order valence-electron chi connectivity index (χ2n) is 6.47. The number of hydrogen-bond acceptors (Lipinski definition) is 4. The van der Waals surface area contributed by atoms with Gasteiger partial charge in [0.05, 0.1) is 26.0 Å². The van der Waals surface area contributed by atoms with Gasteiger partial charge in [-0.2, -0.15) is 0 Å². The van der Waals surface area contributed by atoms with Crippen molar-refractivity contribution in [1.29, 1.82) is 0 Å². The Balaban J connectivity index is 2.42. The van der Waals surface area contributed by atoms with Crippen molar-refractivity contribution < 1.29 is 28.6 Å². The zero-order chi connectivity index (χ0) is 20.0. The lowest BCUT2D eigenvalue weighted by molar-refractivity contribution is -0.0272. The van der Waals surface area contributed by atoms with E-state index < -0.39 is 13.7 Å². The van der Waals surface area contributed by atoms with Gasteiger partial charge in [-0.3, -0.25) is 4.57 Å². The lowest BCUT2D eigenvalue weighted by atomic mass is 10.1. The maximum absolute atomic E-state index is 10.9. The van der Waals surface area contributed by atoms with Crippen molar-refractivity contribution in [2.75, 3.05) is 32.6 Å². The molecule has 1 aromatic rings. The van der Waals surface area contributed by atoms with Gasteiger partial charge in [0, 0.05) is 0 Å². The molecule has 0 aliphatic heterocycles. The Morgan fingerprint density at radius 1 is 1.15 bits per heavy atom. The molecule has 0 saturated carbocycles. The molecule has 0 bridgehead atoms. The minimum absolute atomic E-state index is 0.0492. The summed E-state index contributed by atoms with van der Waals surface area (Å²) in [5.74, 6) is 0.736. The highest BCUT2D eigenvalue weighted by atomic mass is 31.2. The minimum atomic E-state index is -4.07. The lowest BCUT2D eigenvalue weighted by Gasteiger charge is -2.19. The van der Waals surface area contributed by atoms with E-state index in [0.717, 1.165) is 12.2 Å². The number of rotatable bonds is 16. The molecule has 1 aromatic carbocycles. The smallest absolute Gasteiger partial charge is 0.327 e. The molecule has 6 nitrogen and oxygen atoms in total. The van der Waals surface area contributed by atoms with Crippen LogP contribution in [0.3, 0.4) is 0 Å². The van der Waals surface area contributed by atoms with Crippen molar-refractivity contribution in [3.05, 3.63) is 42.5 Å². The van der Waals surface area contributed by atoms with E-state index in [2.05, 4.69) is 25.6 Å². The first kappa shape index (κ1) is 23.9. The summed E-state index contributed by atoms with van der Waals surface area (Å²) in [7, 11) is -4.07. The molecule has 154 valence electrons. The second-order valence-corrected chi connectivity index (χ2v) is 8.25. The summed E-state index contributed by atoms with van der Waals surface area (Å²) >= 11 is 0. The summed E-state index contributed by atoms with van der Waals surface area (Å²) in [4.78, 5) is 17.9. The molecule has 0 amide bonds. The maximum Gasteiger partial charge on any atom is 0.327 e. The number of aryl methyl sites for hydroxylation is 1. The van der Waals surface area contributed by atoms with E-state index in [4.69, 9.17) is 24.0 Å². The molecule has 7 heteroatoms. The van der Waals surface area contributed by atoms with E-state index in [0.29, 0.717) is 6.61 Å². The molecule has 0 saturated heterocycles. The fourth-order valence-corrected chi connectivity index (χ4v) is 2.81. The Labute approximate surface area is 162 Å². The molecular formula is C20H33O6P. The Kier molecular flexibility index (Phi) is 12.3. The van der Waals surface area contributed by atoms with Gasteiger partial charge in [-0.25, -0.2) is 0 Å². The van der Waals surface area contributed by atoms with Crippen molar-refractivity contribution in [2.24, 2.45) is 0 Å². The largest absolute Gasteiger partial charge is 0.491 e. The van der Waals surface area contributed by atoms with Crippen molar-refractivity contribution >= 4 is 7.60 Å². The van der Waals surface area contributed by atoms with Crippen LogP contribution in [0.5, 0.6) is 5.75 Å². The third-order valence-electron chi connectivity index (χ3n) is 3.95. The van der Waals surface area contributed by atoms with Crippen molar-refractivity contribution in [3.63, 3.8) is 0 Å². The average Bonchev–Trinajstić information content (AvgIpc) is 2.63. The molecule has 0 radical (unpaired) electrons. The molecule has 0 fully saturated rings. The van der Waals surface area contributed by atoms with E-state index in [-0.39, 0.29) is 26.0 Å². The molecule has 2 N–H and O–H groups in total. The monoisotopic (exact) mass is 400 g/mol. The van der Waals surface area contributed by atoms with Gasteiger partial charge in [-0.05, 0) is 30.5 Å². The van der Waals surface area contributed by atoms with Crippen LogP contribution in [0.1, 0.15) is 38.2 Å². The molecule has 0 heterocycles. The SMILES string of the molecule is C=CCOCC(COc1ccc(CCCCCC)cc1)OCCP(=O)(O)O. The molecule has 0 aliphatic carbocycles. The van der Waals surface area contributed by atoms with E-state index >= 15 is 0 Å². The highest BCUT2D eigenvalue weighted by Gasteiger charge is 2.16. The quantitative estimate of drug-likeness (QED) is 0.248. The van der Waals surface area contributed by atoms with Gasteiger partial charge >= 0.3 is 7.60 Å². The van der Waals surface area contributed by atoms with Crippen LogP contribution in [0.2, 0.25) is 0 Å². The molecular weight excluding hydrogens is 367 g/mol. The zero-order valence-electron chi connectivity index (χ0n) is 16.2. The Morgan fingerprint density at radius 2 is 1.89 bits per heavy atom. The first-order valence-electron chi connectivity index (χ1n) is 9.51. The summed E-state index contributed by atoms with van der Waals surface area (Å²) in [6.07, 6.45) is 6.94. The summed E-state index contributed by atoms with van der Waals surface area (Å²) in [5, 5.41) is 0. The van der Waals surface area contributed by atoms with E-state index in [1.54, 1.807) is 6.08 Å². The molecule has 0 spiro atoms. The van der Waals surface area contributed by atoms with Crippen LogP contribution in [0.25, 0.3) is 0 Å². The van der Waals surface area contributed by atoms with Crippen LogP contribution in [0, 0.1) is 0 Å². The van der Waals surface area contributed by atoms with Gasteiger partial charge < -0.3 is 24.0 Å².